The molecule has 4 rings (SSSR count). The van der Waals surface area contributed by atoms with E-state index in [0.29, 0.717) is 22.7 Å². The summed E-state index contributed by atoms with van der Waals surface area (Å²) >= 11 is 0. The molecule has 0 fully saturated rings. The van der Waals surface area contributed by atoms with Crippen LogP contribution in [0, 0.1) is 17.0 Å². The summed E-state index contributed by atoms with van der Waals surface area (Å²) in [5.41, 5.74) is 1.97. The molecule has 0 aliphatic rings. The van der Waals surface area contributed by atoms with E-state index in [1.807, 2.05) is 12.4 Å². The minimum atomic E-state index is -3.97. The van der Waals surface area contributed by atoms with Crippen LogP contribution < -0.4 is 4.72 Å². The van der Waals surface area contributed by atoms with Crippen molar-refractivity contribution in [3.63, 3.8) is 0 Å². The van der Waals surface area contributed by atoms with Gasteiger partial charge in [-0.1, -0.05) is 18.2 Å². The van der Waals surface area contributed by atoms with E-state index in [2.05, 4.69) is 14.7 Å². The van der Waals surface area contributed by atoms with Crippen molar-refractivity contribution >= 4 is 27.2 Å². The highest BCUT2D eigenvalue weighted by molar-refractivity contribution is 7.92. The fourth-order valence-electron chi connectivity index (χ4n) is 2.85. The minimum Gasteiger partial charge on any atom is -0.291 e. The number of nitrogens with zero attached hydrogens (tertiary/aromatic N) is 4. The number of anilines is 1. The van der Waals surface area contributed by atoms with Gasteiger partial charge in [-0.3, -0.25) is 19.2 Å². The van der Waals surface area contributed by atoms with E-state index in [1.165, 1.54) is 12.1 Å². The van der Waals surface area contributed by atoms with Crippen LogP contribution in [0.4, 0.5) is 11.4 Å². The zero-order chi connectivity index (χ0) is 20.6. The lowest BCUT2D eigenvalue weighted by atomic mass is 10.1. The van der Waals surface area contributed by atoms with Crippen LogP contribution in [-0.4, -0.2) is 27.7 Å². The number of nitro benzene ring substituents is 1. The minimum absolute atomic E-state index is 0.176. The lowest BCUT2D eigenvalue weighted by Gasteiger charge is -2.09. The van der Waals surface area contributed by atoms with E-state index in [0.717, 1.165) is 11.6 Å². The molecule has 0 saturated carbocycles. The van der Waals surface area contributed by atoms with E-state index < -0.39 is 14.9 Å². The van der Waals surface area contributed by atoms with Gasteiger partial charge >= 0.3 is 0 Å². The highest BCUT2D eigenvalue weighted by Crippen LogP contribution is 2.25. The number of aryl methyl sites for hydroxylation is 1. The van der Waals surface area contributed by atoms with Crippen molar-refractivity contribution in [3.8, 4) is 11.3 Å². The van der Waals surface area contributed by atoms with Gasteiger partial charge in [-0.15, -0.1) is 0 Å². The summed E-state index contributed by atoms with van der Waals surface area (Å²) in [6.45, 7) is 1.55. The largest absolute Gasteiger partial charge is 0.291 e. The Morgan fingerprint density at radius 3 is 2.59 bits per heavy atom. The van der Waals surface area contributed by atoms with Crippen LogP contribution in [0.3, 0.4) is 0 Å². The number of benzene rings is 2. The summed E-state index contributed by atoms with van der Waals surface area (Å²) in [5, 5.41) is 11.1. The van der Waals surface area contributed by atoms with Crippen LogP contribution >= 0.6 is 0 Å². The Morgan fingerprint density at radius 2 is 1.90 bits per heavy atom. The molecule has 0 amide bonds. The molecule has 146 valence electrons. The van der Waals surface area contributed by atoms with Gasteiger partial charge in [0.1, 0.15) is 0 Å². The maximum atomic E-state index is 12.6. The summed E-state index contributed by atoms with van der Waals surface area (Å²) in [6.07, 6.45) is 5.31. The lowest BCUT2D eigenvalue weighted by Crippen LogP contribution is -2.13. The molecular formula is C19H15N5O4S. The Morgan fingerprint density at radius 1 is 1.14 bits per heavy atom. The number of nitro groups is 1. The first-order valence-electron chi connectivity index (χ1n) is 8.51. The molecule has 9 nitrogen and oxygen atoms in total. The molecule has 2 aromatic carbocycles. The van der Waals surface area contributed by atoms with Crippen molar-refractivity contribution in [3.05, 3.63) is 82.8 Å². The standard InChI is InChI=1S/C19H15N5O4S/c1-13-3-8-16(11-18(13)24(25)26)29(27,28)22-15-6-4-14(5-7-15)17-12-23-10-2-9-20-19(23)21-17/h2-12,22H,1H3. The molecular weight excluding hydrogens is 394 g/mol. The zero-order valence-electron chi connectivity index (χ0n) is 15.2. The number of hydrogen-bond acceptors (Lipinski definition) is 6. The smallest absolute Gasteiger partial charge is 0.273 e. The average molecular weight is 409 g/mol. The number of nitrogens with one attached hydrogen (secondary N) is 1. The number of sulfonamides is 1. The molecule has 0 radical (unpaired) electrons. The predicted octanol–water partition coefficient (Wildman–Crippen LogP) is 3.41. The zero-order valence-corrected chi connectivity index (χ0v) is 16.0. The summed E-state index contributed by atoms with van der Waals surface area (Å²) in [5.74, 6) is 0.563. The van der Waals surface area contributed by atoms with Crippen LogP contribution in [0.25, 0.3) is 17.0 Å². The Balaban J connectivity index is 1.59. The Kier molecular flexibility index (Phi) is 4.47. The third kappa shape index (κ3) is 3.65. The number of aromatic nitrogens is 3. The Bertz CT molecular complexity index is 1300. The van der Waals surface area contributed by atoms with Crippen molar-refractivity contribution < 1.29 is 13.3 Å². The van der Waals surface area contributed by atoms with Gasteiger partial charge in [-0.2, -0.15) is 0 Å². The van der Waals surface area contributed by atoms with Crippen LogP contribution in [-0.2, 0) is 10.0 Å². The van der Waals surface area contributed by atoms with Crippen LogP contribution in [0.2, 0.25) is 0 Å². The fraction of sp³-hybridized carbons (Fsp3) is 0.0526. The second kappa shape index (κ2) is 6.99. The van der Waals surface area contributed by atoms with Gasteiger partial charge in [0.25, 0.3) is 15.7 Å². The Hall–Kier alpha value is -3.79. The third-order valence-corrected chi connectivity index (χ3v) is 5.73. The van der Waals surface area contributed by atoms with Gasteiger partial charge in [0.15, 0.2) is 0 Å². The average Bonchev–Trinajstić information content (AvgIpc) is 3.12. The van der Waals surface area contributed by atoms with Crippen LogP contribution in [0.15, 0.2) is 72.0 Å². The quantitative estimate of drug-likeness (QED) is 0.398. The molecule has 0 unspecified atom stereocenters. The first kappa shape index (κ1) is 18.6. The van der Waals surface area contributed by atoms with Crippen LogP contribution in [0.1, 0.15) is 5.56 Å². The van der Waals surface area contributed by atoms with Crippen molar-refractivity contribution in [1.29, 1.82) is 0 Å². The highest BCUT2D eigenvalue weighted by atomic mass is 32.2. The van der Waals surface area contributed by atoms with Gasteiger partial charge in [0, 0.05) is 41.5 Å². The van der Waals surface area contributed by atoms with Gasteiger partial charge in [0.05, 0.1) is 15.5 Å². The van der Waals surface area contributed by atoms with E-state index in [4.69, 9.17) is 0 Å². The number of hydrogen-bond donors (Lipinski definition) is 1. The summed E-state index contributed by atoms with van der Waals surface area (Å²) in [6, 6.07) is 12.3. The summed E-state index contributed by atoms with van der Waals surface area (Å²) < 4.78 is 29.4. The molecule has 2 aromatic heterocycles. The van der Waals surface area contributed by atoms with E-state index in [-0.39, 0.29) is 10.6 Å². The molecule has 0 aliphatic carbocycles. The number of imidazole rings is 1. The van der Waals surface area contributed by atoms with Crippen molar-refractivity contribution in [2.45, 2.75) is 11.8 Å². The van der Waals surface area contributed by atoms with Crippen molar-refractivity contribution in [2.24, 2.45) is 0 Å². The molecule has 1 N–H and O–H groups in total. The second-order valence-electron chi connectivity index (χ2n) is 6.34. The van der Waals surface area contributed by atoms with E-state index in [1.54, 1.807) is 47.9 Å². The molecule has 4 aromatic rings. The number of fused-ring (bicyclic) bond motifs is 1. The second-order valence-corrected chi connectivity index (χ2v) is 8.02. The molecule has 0 aliphatic heterocycles. The van der Waals surface area contributed by atoms with Crippen molar-refractivity contribution in [1.82, 2.24) is 14.4 Å². The van der Waals surface area contributed by atoms with Gasteiger partial charge in [-0.05, 0) is 31.2 Å². The Labute approximate surface area is 165 Å². The maximum Gasteiger partial charge on any atom is 0.273 e. The topological polar surface area (TPSA) is 120 Å². The highest BCUT2D eigenvalue weighted by Gasteiger charge is 2.20. The molecule has 0 saturated heterocycles. The molecule has 0 atom stereocenters. The SMILES string of the molecule is Cc1ccc(S(=O)(=O)Nc2ccc(-c3cn4cccnc4n3)cc2)cc1[N+](=O)[O-]. The van der Waals surface area contributed by atoms with Gasteiger partial charge in [0.2, 0.25) is 5.78 Å². The van der Waals surface area contributed by atoms with Crippen molar-refractivity contribution in [2.75, 3.05) is 4.72 Å². The molecule has 0 spiro atoms. The molecule has 29 heavy (non-hydrogen) atoms. The summed E-state index contributed by atoms with van der Waals surface area (Å²) in [7, 11) is -3.97. The first-order chi connectivity index (χ1) is 13.8. The normalized spacial score (nSPS) is 11.5. The monoisotopic (exact) mass is 409 g/mol. The van der Waals surface area contributed by atoms with Gasteiger partial charge < -0.3 is 0 Å². The molecule has 2 heterocycles. The van der Waals surface area contributed by atoms with Crippen LogP contribution in [0.5, 0.6) is 0 Å². The lowest BCUT2D eigenvalue weighted by molar-refractivity contribution is -0.385. The van der Waals surface area contributed by atoms with E-state index in [9.17, 15) is 18.5 Å². The molecule has 10 heteroatoms. The fourth-order valence-corrected chi connectivity index (χ4v) is 3.92. The number of rotatable bonds is 5. The van der Waals surface area contributed by atoms with E-state index >= 15 is 0 Å². The van der Waals surface area contributed by atoms with Gasteiger partial charge in [-0.25, -0.2) is 18.4 Å². The third-order valence-electron chi connectivity index (χ3n) is 4.36. The molecule has 0 bridgehead atoms. The first-order valence-corrected chi connectivity index (χ1v) is 10.00. The maximum absolute atomic E-state index is 12.6. The predicted molar refractivity (Wildman–Crippen MR) is 107 cm³/mol. The summed E-state index contributed by atoms with van der Waals surface area (Å²) in [4.78, 5) is 18.9.